The van der Waals surface area contributed by atoms with Gasteiger partial charge >= 0.3 is 172 Å². The average molecular weight is 609 g/mol. The van der Waals surface area contributed by atoms with Crippen molar-refractivity contribution in [2.75, 3.05) is 13.9 Å². The molecule has 0 amide bonds. The number of benzene rings is 2. The van der Waals surface area contributed by atoms with Crippen molar-refractivity contribution in [2.24, 2.45) is 0 Å². The van der Waals surface area contributed by atoms with Crippen LogP contribution in [0.4, 0.5) is 0 Å². The molecule has 2 aromatic carbocycles. The molecule has 0 bridgehead atoms. The van der Waals surface area contributed by atoms with Gasteiger partial charge in [-0.3, -0.25) is 0 Å². The van der Waals surface area contributed by atoms with Gasteiger partial charge in [-0.15, -0.1) is 0 Å². The zero-order valence-electron chi connectivity index (χ0n) is 17.0. The molecule has 3 rings (SSSR count). The molecule has 0 radical (unpaired) electrons. The first kappa shape index (κ1) is 25.7. The third-order valence-corrected chi connectivity index (χ3v) is 5.60. The van der Waals surface area contributed by atoms with Crippen molar-refractivity contribution in [1.29, 1.82) is 0 Å². The second-order valence-corrected chi connectivity index (χ2v) is 8.45. The molecule has 28 heavy (non-hydrogen) atoms. The molecule has 0 saturated carbocycles. The Morgan fingerprint density at radius 2 is 1.75 bits per heavy atom. The van der Waals surface area contributed by atoms with Crippen molar-refractivity contribution >= 4 is 72.5 Å². The first-order valence-electron chi connectivity index (χ1n) is 8.55. The predicted octanol–water partition coefficient (Wildman–Crippen LogP) is 2.39. The maximum atomic E-state index is 6.30. The summed E-state index contributed by atoms with van der Waals surface area (Å²) in [6.07, 6.45) is 0. The normalized spacial score (nSPS) is 16.5. The Bertz CT molecular complexity index is 879. The largest absolute Gasteiger partial charge is 0.813 e. The molecule has 1 unspecified atom stereocenters. The molecule has 148 valence electrons. The van der Waals surface area contributed by atoms with Crippen LogP contribution in [0.1, 0.15) is 33.3 Å². The maximum Gasteiger partial charge on any atom is -0.153 e. The van der Waals surface area contributed by atoms with E-state index in [-0.39, 0.29) is 30.2 Å². The van der Waals surface area contributed by atoms with Crippen LogP contribution in [0.25, 0.3) is 10.8 Å². The molecule has 0 aliphatic carbocycles. The molecule has 2 aromatic rings. The van der Waals surface area contributed by atoms with Gasteiger partial charge in [-0.2, -0.15) is 9.90 Å². The van der Waals surface area contributed by atoms with Crippen molar-refractivity contribution in [3.63, 3.8) is 0 Å². The minimum Gasteiger partial charge on any atom is -0.813 e. The Morgan fingerprint density at radius 3 is 2.32 bits per heavy atom. The van der Waals surface area contributed by atoms with Crippen molar-refractivity contribution < 1.29 is 18.8 Å². The number of fused-ring (bicyclic) bond motifs is 1. The molecular formula is C20H26BO4PSTl-. The zero-order valence-corrected chi connectivity index (χ0v) is 23.8. The van der Waals surface area contributed by atoms with E-state index >= 15 is 0 Å². The van der Waals surface area contributed by atoms with Gasteiger partial charge in [0, 0.05) is 0 Å². The van der Waals surface area contributed by atoms with Crippen molar-refractivity contribution in [2.45, 2.75) is 38.9 Å². The molecule has 0 aromatic heterocycles. The molecular weight excluding hydrogens is 582 g/mol. The van der Waals surface area contributed by atoms with E-state index < -0.39 is 18.3 Å². The summed E-state index contributed by atoms with van der Waals surface area (Å²) < 4.78 is 26.5. The number of rotatable bonds is 4. The molecule has 4 nitrogen and oxygen atoms in total. The Balaban J connectivity index is 0.00000196. The van der Waals surface area contributed by atoms with Gasteiger partial charge in [-0.05, 0) is 0 Å². The zero-order chi connectivity index (χ0) is 18.9. The molecule has 8 heteroatoms. The van der Waals surface area contributed by atoms with Crippen LogP contribution < -0.4 is 10.2 Å². The van der Waals surface area contributed by atoms with Gasteiger partial charge in [-0.1, -0.05) is 0 Å². The van der Waals surface area contributed by atoms with Gasteiger partial charge in [0.15, 0.2) is 0 Å². The van der Waals surface area contributed by atoms with Crippen LogP contribution in [-0.4, -0.2) is 58.0 Å². The summed E-state index contributed by atoms with van der Waals surface area (Å²) in [5, 5.41) is 2.11. The fraction of sp³-hybridized carbons (Fsp3) is 0.400. The minimum absolute atomic E-state index is 0. The summed E-state index contributed by atoms with van der Waals surface area (Å²) in [6, 6.07) is 10.1. The van der Waals surface area contributed by atoms with Crippen LogP contribution in [0.5, 0.6) is 5.75 Å². The van der Waals surface area contributed by atoms with E-state index in [1.54, 1.807) is 7.11 Å². The first-order valence-corrected chi connectivity index (χ1v) is 10.8. The van der Waals surface area contributed by atoms with Crippen molar-refractivity contribution in [1.82, 2.24) is 0 Å². The van der Waals surface area contributed by atoms with Gasteiger partial charge in [0.2, 0.25) is 0 Å². The topological polar surface area (TPSA) is 36.9 Å². The monoisotopic (exact) mass is 609 g/mol. The molecule has 1 atom stereocenters. The smallest absolute Gasteiger partial charge is 0.153 e. The summed E-state index contributed by atoms with van der Waals surface area (Å²) >= 11 is 0.625. The van der Waals surface area contributed by atoms with Gasteiger partial charge in [0.1, 0.15) is 0 Å². The van der Waals surface area contributed by atoms with E-state index in [1.165, 1.54) is 0 Å². The summed E-state index contributed by atoms with van der Waals surface area (Å²) in [4.78, 5) is 0. The van der Waals surface area contributed by atoms with Crippen LogP contribution in [-0.2, 0) is 27.5 Å². The fourth-order valence-corrected chi connectivity index (χ4v) is 3.59. The van der Waals surface area contributed by atoms with Gasteiger partial charge in [0.25, 0.3) is 0 Å². The SMILES string of the molecule is COCOc1cc(B2OC(C)(C)C(C)(C)O2)c2c(C#[C][Tl])cccc2c1.P.[SH-]. The Kier molecular flexibility index (Phi) is 9.33. The predicted molar refractivity (Wildman–Crippen MR) is 125 cm³/mol. The van der Waals surface area contributed by atoms with E-state index in [0.29, 0.717) is 25.8 Å². The number of ether oxygens (including phenoxy) is 2. The molecule has 1 fully saturated rings. The number of methoxy groups -OCH3 is 1. The number of hydrogen-bond donors (Lipinski definition) is 0. The van der Waals surface area contributed by atoms with E-state index in [4.69, 9.17) is 18.8 Å². The third-order valence-electron chi connectivity index (χ3n) is 5.04. The molecule has 1 heterocycles. The molecule has 0 spiro atoms. The number of thiol groups is 1. The Hall–Kier alpha value is -0.293. The van der Waals surface area contributed by atoms with E-state index in [1.807, 2.05) is 24.3 Å². The van der Waals surface area contributed by atoms with Crippen LogP contribution in [0.2, 0.25) is 0 Å². The summed E-state index contributed by atoms with van der Waals surface area (Å²) in [5.41, 5.74) is 1.11. The molecule has 1 aliphatic heterocycles. The van der Waals surface area contributed by atoms with E-state index in [2.05, 4.69) is 43.2 Å². The van der Waals surface area contributed by atoms with Crippen LogP contribution in [0.15, 0.2) is 30.3 Å². The van der Waals surface area contributed by atoms with Crippen molar-refractivity contribution in [3.8, 4) is 15.1 Å². The van der Waals surface area contributed by atoms with E-state index in [9.17, 15) is 0 Å². The standard InChI is InChI=1S/C20H22BO4.H3P.H2S.Tl/c1-7-14-9-8-10-15-11-16(23-13-22-6)12-17(18(14)15)21-24-19(2,3)20(4,5)25-21;;;/h8-12H,13H2,2-6H3;1H3;1H2;/p-1. The maximum absolute atomic E-state index is 6.30. The third kappa shape index (κ3) is 5.06. The molecule has 0 N–H and O–H groups in total. The van der Waals surface area contributed by atoms with Gasteiger partial charge in [0.05, 0.1) is 0 Å². The second-order valence-electron chi connectivity index (χ2n) is 7.32. The average Bonchev–Trinajstić information content (AvgIpc) is 2.80. The van der Waals surface area contributed by atoms with Crippen LogP contribution in [0.3, 0.4) is 0 Å². The van der Waals surface area contributed by atoms with E-state index in [0.717, 1.165) is 27.5 Å². The fourth-order valence-electron chi connectivity index (χ4n) is 2.98. The first-order chi connectivity index (χ1) is 12.3. The quantitative estimate of drug-likeness (QED) is 0.133. The van der Waals surface area contributed by atoms with Gasteiger partial charge in [-0.25, -0.2) is 0 Å². The van der Waals surface area contributed by atoms with Crippen molar-refractivity contribution in [3.05, 3.63) is 35.9 Å². The summed E-state index contributed by atoms with van der Waals surface area (Å²) in [5.74, 6) is 3.99. The molecule has 1 saturated heterocycles. The summed E-state index contributed by atoms with van der Waals surface area (Å²) in [7, 11) is 1.13. The Labute approximate surface area is 194 Å². The minimum atomic E-state index is -0.479. The van der Waals surface area contributed by atoms with Crippen LogP contribution >= 0.6 is 9.90 Å². The Morgan fingerprint density at radius 1 is 1.11 bits per heavy atom. The van der Waals surface area contributed by atoms with Gasteiger partial charge < -0.3 is 13.5 Å². The molecule has 1 aliphatic rings. The second kappa shape index (κ2) is 10.1. The number of hydrogen-bond acceptors (Lipinski definition) is 5. The summed E-state index contributed by atoms with van der Waals surface area (Å²) in [6.45, 7) is 8.41. The van der Waals surface area contributed by atoms with Crippen LogP contribution in [0, 0.1) is 9.40 Å².